The number of halogens is 2. The van der Waals surface area contributed by atoms with Crippen LogP contribution in [-0.4, -0.2) is 54.2 Å². The van der Waals surface area contributed by atoms with E-state index in [1.807, 2.05) is 24.4 Å². The lowest BCUT2D eigenvalue weighted by Crippen LogP contribution is -2.18. The third kappa shape index (κ3) is 5.79. The summed E-state index contributed by atoms with van der Waals surface area (Å²) in [6.07, 6.45) is 2.90. The second kappa shape index (κ2) is 12.0. The first-order chi connectivity index (χ1) is 19.4. The number of anilines is 4. The Bertz CT molecular complexity index is 1510. The fourth-order valence-corrected chi connectivity index (χ4v) is 4.97. The number of aliphatic hydroxyl groups excluding tert-OH is 1. The van der Waals surface area contributed by atoms with Gasteiger partial charge in [0.15, 0.2) is 0 Å². The summed E-state index contributed by atoms with van der Waals surface area (Å²) in [5.41, 5.74) is 4.36. The van der Waals surface area contributed by atoms with Crippen LogP contribution in [0.3, 0.4) is 0 Å². The van der Waals surface area contributed by atoms with Crippen LogP contribution >= 0.6 is 8.81 Å². The van der Waals surface area contributed by atoms with Crippen LogP contribution in [-0.2, 0) is 19.3 Å². The molecule has 0 spiro atoms. The maximum atomic E-state index is 13.9. The number of aromatic nitrogens is 4. The van der Waals surface area contributed by atoms with Crippen LogP contribution in [0.4, 0.5) is 31.9 Å². The number of nitrogens with zero attached hydrogens (tertiary/aromatic N) is 5. The molecule has 0 saturated carbocycles. The first-order valence-electron chi connectivity index (χ1n) is 12.6. The van der Waals surface area contributed by atoms with Gasteiger partial charge in [0, 0.05) is 65.4 Å². The highest BCUT2D eigenvalue weighted by Gasteiger charge is 2.31. The van der Waals surface area contributed by atoms with E-state index in [0.717, 1.165) is 28.5 Å². The van der Waals surface area contributed by atoms with Crippen LogP contribution in [0.5, 0.6) is 0 Å². The van der Waals surface area contributed by atoms with Crippen LogP contribution in [0.1, 0.15) is 39.9 Å². The van der Waals surface area contributed by atoms with Crippen molar-refractivity contribution in [3.8, 4) is 11.1 Å². The molecule has 1 amide bonds. The van der Waals surface area contributed by atoms with Crippen molar-refractivity contribution in [1.82, 2.24) is 24.6 Å². The SMILES string of the molecule is CN1Cc2c(-c3cnn(CCCO)c3)ccc(Nc3nc(Nc4ccc(CPO)cc4)ncc3C(F)F)c2C1=O. The van der Waals surface area contributed by atoms with E-state index in [-0.39, 0.29) is 33.1 Å². The molecular weight excluding hydrogens is 539 g/mol. The van der Waals surface area contributed by atoms with E-state index in [4.69, 9.17) is 10.00 Å². The zero-order valence-corrected chi connectivity index (χ0v) is 22.6. The highest BCUT2D eigenvalue weighted by molar-refractivity contribution is 7.30. The van der Waals surface area contributed by atoms with Crippen molar-refractivity contribution in [2.45, 2.75) is 32.1 Å². The fourth-order valence-electron chi connectivity index (χ4n) is 4.55. The van der Waals surface area contributed by atoms with Gasteiger partial charge in [-0.25, -0.2) is 13.8 Å². The second-order valence-electron chi connectivity index (χ2n) is 9.32. The number of nitrogens with one attached hydrogen (secondary N) is 2. The molecule has 2 aromatic heterocycles. The number of benzene rings is 2. The van der Waals surface area contributed by atoms with Crippen molar-refractivity contribution >= 4 is 37.9 Å². The van der Waals surface area contributed by atoms with Gasteiger partial charge in [0.05, 0.1) is 23.0 Å². The molecule has 0 aliphatic carbocycles. The molecule has 4 N–H and O–H groups in total. The van der Waals surface area contributed by atoms with Crippen LogP contribution in [0.2, 0.25) is 0 Å². The summed E-state index contributed by atoms with van der Waals surface area (Å²) in [7, 11) is 1.50. The lowest BCUT2D eigenvalue weighted by Gasteiger charge is -2.16. The van der Waals surface area contributed by atoms with Crippen molar-refractivity contribution in [3.05, 3.63) is 77.2 Å². The monoisotopic (exact) mass is 567 g/mol. The first-order valence-corrected chi connectivity index (χ1v) is 13.7. The first kappa shape index (κ1) is 27.6. The normalized spacial score (nSPS) is 13.1. The Morgan fingerprint density at radius 2 is 1.93 bits per heavy atom. The Kier molecular flexibility index (Phi) is 8.29. The van der Waals surface area contributed by atoms with Crippen molar-refractivity contribution in [2.24, 2.45) is 0 Å². The number of aliphatic hydroxyl groups is 1. The molecule has 1 aliphatic heterocycles. The summed E-state index contributed by atoms with van der Waals surface area (Å²) >= 11 is 0. The molecule has 40 heavy (non-hydrogen) atoms. The molecule has 1 aliphatic rings. The summed E-state index contributed by atoms with van der Waals surface area (Å²) in [5.74, 6) is -0.239. The molecule has 0 radical (unpaired) electrons. The predicted octanol–water partition coefficient (Wildman–Crippen LogP) is 4.82. The number of alkyl halides is 2. The summed E-state index contributed by atoms with van der Waals surface area (Å²) in [6, 6.07) is 10.8. The molecule has 4 aromatic rings. The van der Waals surface area contributed by atoms with Crippen molar-refractivity contribution in [3.63, 3.8) is 0 Å². The molecule has 0 saturated heterocycles. The molecule has 1 unspecified atom stereocenters. The largest absolute Gasteiger partial charge is 0.396 e. The van der Waals surface area contributed by atoms with Gasteiger partial charge in [-0.2, -0.15) is 10.1 Å². The number of fused-ring (bicyclic) bond motifs is 1. The maximum absolute atomic E-state index is 13.9. The highest BCUT2D eigenvalue weighted by atomic mass is 31.1. The Labute approximate surface area is 231 Å². The zero-order valence-electron chi connectivity index (χ0n) is 21.6. The summed E-state index contributed by atoms with van der Waals surface area (Å²) in [6.45, 7) is 0.971. The van der Waals surface area contributed by atoms with Gasteiger partial charge in [0.1, 0.15) is 5.82 Å². The number of carbonyl (C=O) groups excluding carboxylic acids is 1. The molecule has 0 fully saturated rings. The second-order valence-corrected chi connectivity index (χ2v) is 9.99. The fraction of sp³-hybridized carbons (Fsp3) is 0.259. The lowest BCUT2D eigenvalue weighted by molar-refractivity contribution is 0.0817. The molecule has 0 bridgehead atoms. The minimum absolute atomic E-state index is 0.0578. The number of amides is 1. The van der Waals surface area contributed by atoms with E-state index in [9.17, 15) is 13.6 Å². The molecule has 5 rings (SSSR count). The van der Waals surface area contributed by atoms with Crippen LogP contribution in [0.15, 0.2) is 55.0 Å². The third-order valence-electron chi connectivity index (χ3n) is 6.56. The van der Waals surface area contributed by atoms with E-state index in [1.54, 1.807) is 41.0 Å². The number of aryl methyl sites for hydroxylation is 1. The Morgan fingerprint density at radius 3 is 2.65 bits per heavy atom. The zero-order chi connectivity index (χ0) is 28.2. The number of carbonyl (C=O) groups is 1. The van der Waals surface area contributed by atoms with Crippen LogP contribution < -0.4 is 10.6 Å². The molecule has 10 nitrogen and oxygen atoms in total. The molecule has 2 aromatic carbocycles. The Morgan fingerprint density at radius 1 is 1.12 bits per heavy atom. The number of hydrogen-bond donors (Lipinski definition) is 4. The smallest absolute Gasteiger partial charge is 0.268 e. The van der Waals surface area contributed by atoms with Gasteiger partial charge >= 0.3 is 0 Å². The van der Waals surface area contributed by atoms with Gasteiger partial charge in [-0.1, -0.05) is 18.2 Å². The van der Waals surface area contributed by atoms with E-state index in [1.165, 1.54) is 0 Å². The van der Waals surface area contributed by atoms with Gasteiger partial charge in [-0.05, 0) is 41.3 Å². The topological polar surface area (TPSA) is 128 Å². The molecule has 13 heteroatoms. The van der Waals surface area contributed by atoms with Crippen LogP contribution in [0.25, 0.3) is 11.1 Å². The van der Waals surface area contributed by atoms with E-state index in [0.29, 0.717) is 42.6 Å². The van der Waals surface area contributed by atoms with Gasteiger partial charge in [0.2, 0.25) is 5.95 Å². The minimum Gasteiger partial charge on any atom is -0.396 e. The number of rotatable bonds is 11. The summed E-state index contributed by atoms with van der Waals surface area (Å²) in [4.78, 5) is 32.2. The van der Waals surface area contributed by atoms with Crippen molar-refractivity contribution in [2.75, 3.05) is 24.3 Å². The standard InChI is InChI=1S/C27H28F2N7O3P/c1-35-14-21-19(17-11-31-36(13-17)9-2-10-37)7-8-22(23(21)26(35)38)33-25-20(24(28)29)12-30-27(34-25)32-18-5-3-16(4-6-18)15-40-39/h3-8,11-13,24,37,39-40H,2,9-10,14-15H2,1H3,(H2,30,32,33,34). The van der Waals surface area contributed by atoms with Crippen LogP contribution in [0, 0.1) is 0 Å². The van der Waals surface area contributed by atoms with Gasteiger partial charge in [-0.3, -0.25) is 9.48 Å². The summed E-state index contributed by atoms with van der Waals surface area (Å²) < 4.78 is 29.6. The van der Waals surface area contributed by atoms with E-state index >= 15 is 0 Å². The van der Waals surface area contributed by atoms with Crippen molar-refractivity contribution in [1.29, 1.82) is 0 Å². The minimum atomic E-state index is -2.84. The molecule has 208 valence electrons. The lowest BCUT2D eigenvalue weighted by atomic mass is 9.97. The quantitative estimate of drug-likeness (QED) is 0.190. The van der Waals surface area contributed by atoms with Crippen molar-refractivity contribution < 1.29 is 23.6 Å². The maximum Gasteiger partial charge on any atom is 0.268 e. The average Bonchev–Trinajstić information content (AvgIpc) is 3.53. The van der Waals surface area contributed by atoms with E-state index < -0.39 is 12.0 Å². The van der Waals surface area contributed by atoms with Gasteiger partial charge in [-0.15, -0.1) is 0 Å². The Hall–Kier alpha value is -3.99. The molecule has 1 atom stereocenters. The Balaban J connectivity index is 1.47. The van der Waals surface area contributed by atoms with E-state index in [2.05, 4.69) is 25.7 Å². The molecule has 3 heterocycles. The number of hydrogen-bond acceptors (Lipinski definition) is 8. The average molecular weight is 568 g/mol. The third-order valence-corrected chi connectivity index (χ3v) is 7.12. The molecular formula is C27H28F2N7O3P. The van der Waals surface area contributed by atoms with Gasteiger partial charge in [0.25, 0.3) is 12.3 Å². The predicted molar refractivity (Wildman–Crippen MR) is 149 cm³/mol. The summed E-state index contributed by atoms with van der Waals surface area (Å²) in [5, 5.41) is 19.4. The van der Waals surface area contributed by atoms with Gasteiger partial charge < -0.3 is 25.5 Å². The highest BCUT2D eigenvalue weighted by Crippen LogP contribution is 2.38.